The fourth-order valence-electron chi connectivity index (χ4n) is 9.19. The Morgan fingerprint density at radius 2 is 0.629 bits per heavy atom. The molecule has 0 aliphatic heterocycles. The van der Waals surface area contributed by atoms with Crippen LogP contribution in [0.4, 0.5) is 0 Å². The number of hydrogen-bond acceptors (Lipinski definition) is 4. The number of unbranched alkanes of at least 4 members (excludes halogenated alkanes) is 45. The number of rotatable bonds is 53. The van der Waals surface area contributed by atoms with Gasteiger partial charge in [0.15, 0.2) is 0 Å². The highest BCUT2D eigenvalue weighted by Crippen LogP contribution is 2.18. The molecule has 0 aliphatic rings. The Labute approximate surface area is 389 Å². The minimum atomic E-state index is -1.09. The quantitative estimate of drug-likeness (QED) is 0.0362. The maximum absolute atomic E-state index is 12.5. The van der Waals surface area contributed by atoms with E-state index in [0.29, 0.717) is 6.42 Å². The first kappa shape index (κ1) is 61.1. The molecule has 0 spiro atoms. The second-order valence-corrected chi connectivity index (χ2v) is 19.9. The number of allylic oxidation sites excluding steroid dienone is 1. The standard InChI is InChI=1S/C57H113NO4/c1-3-5-7-9-11-13-15-17-19-21-22-23-24-25-26-27-28-29-30-31-32-33-34-36-38-40-42-44-46-48-50-52-56(61)57(62)58-54(53-59)55(60)51-49-47-45-43-41-39-37-35-20-18-16-14-12-10-8-6-4-2/h49,51,54-56,59-61H,3-48,50,52-53H2,1-2H3,(H,58,62)/b51-49+. The molecule has 0 heterocycles. The average molecular weight is 877 g/mol. The largest absolute Gasteiger partial charge is 0.394 e. The minimum Gasteiger partial charge on any atom is -0.394 e. The number of nitrogens with one attached hydrogen (secondary N) is 1. The number of amides is 1. The van der Waals surface area contributed by atoms with Crippen molar-refractivity contribution >= 4 is 5.91 Å². The van der Waals surface area contributed by atoms with Crippen LogP contribution in [0, 0.1) is 0 Å². The van der Waals surface area contributed by atoms with Gasteiger partial charge in [0, 0.05) is 0 Å². The topological polar surface area (TPSA) is 89.8 Å². The van der Waals surface area contributed by atoms with Crippen molar-refractivity contribution in [3.8, 4) is 0 Å². The van der Waals surface area contributed by atoms with Crippen LogP contribution in [0.2, 0.25) is 0 Å². The molecule has 0 rings (SSSR count). The van der Waals surface area contributed by atoms with Gasteiger partial charge >= 0.3 is 0 Å². The summed E-state index contributed by atoms with van der Waals surface area (Å²) in [6, 6.07) is -0.794. The van der Waals surface area contributed by atoms with Crippen LogP contribution in [0.15, 0.2) is 12.2 Å². The third-order valence-corrected chi connectivity index (χ3v) is 13.6. The molecule has 62 heavy (non-hydrogen) atoms. The molecule has 0 aromatic heterocycles. The van der Waals surface area contributed by atoms with Crippen LogP contribution in [0.5, 0.6) is 0 Å². The molecule has 0 saturated heterocycles. The SMILES string of the molecule is CCCCCCCCCCCCCCCCC/C=C/C(O)C(CO)NC(=O)C(O)CCCCCCCCCCCCCCCCCCCCCCCCCCCCCCCCC. The second kappa shape index (κ2) is 52.7. The van der Waals surface area contributed by atoms with Gasteiger partial charge in [0.2, 0.25) is 5.91 Å². The van der Waals surface area contributed by atoms with E-state index < -0.39 is 24.2 Å². The molecule has 3 atom stereocenters. The summed E-state index contributed by atoms with van der Waals surface area (Å²) >= 11 is 0. The maximum Gasteiger partial charge on any atom is 0.249 e. The molecule has 0 aromatic rings. The lowest BCUT2D eigenvalue weighted by atomic mass is 10.0. The monoisotopic (exact) mass is 876 g/mol. The molecule has 3 unspecified atom stereocenters. The molecule has 0 saturated carbocycles. The zero-order valence-electron chi connectivity index (χ0n) is 42.3. The van der Waals surface area contributed by atoms with Crippen molar-refractivity contribution in [1.29, 1.82) is 0 Å². The van der Waals surface area contributed by atoms with Crippen LogP contribution >= 0.6 is 0 Å². The highest BCUT2D eigenvalue weighted by atomic mass is 16.3. The summed E-state index contributed by atoms with van der Waals surface area (Å²) in [5.74, 6) is -0.496. The predicted octanol–water partition coefficient (Wildman–Crippen LogP) is 17.5. The Morgan fingerprint density at radius 1 is 0.387 bits per heavy atom. The third kappa shape index (κ3) is 47.1. The number of carbonyl (C=O) groups is 1. The van der Waals surface area contributed by atoms with Crippen LogP contribution in [-0.2, 0) is 4.79 Å². The van der Waals surface area contributed by atoms with Gasteiger partial charge in [0.1, 0.15) is 6.10 Å². The van der Waals surface area contributed by atoms with Crippen molar-refractivity contribution in [2.75, 3.05) is 6.61 Å². The molecule has 0 bridgehead atoms. The van der Waals surface area contributed by atoms with E-state index in [-0.39, 0.29) is 6.61 Å². The van der Waals surface area contributed by atoms with Crippen LogP contribution in [0.25, 0.3) is 0 Å². The Bertz CT molecular complexity index is 879. The zero-order valence-corrected chi connectivity index (χ0v) is 42.3. The lowest BCUT2D eigenvalue weighted by Crippen LogP contribution is -2.48. The van der Waals surface area contributed by atoms with Crippen molar-refractivity contribution in [2.45, 2.75) is 340 Å². The van der Waals surface area contributed by atoms with Crippen molar-refractivity contribution < 1.29 is 20.1 Å². The lowest BCUT2D eigenvalue weighted by Gasteiger charge is -2.21. The number of hydrogen-bond donors (Lipinski definition) is 4. The molecular formula is C57H113NO4. The van der Waals surface area contributed by atoms with Crippen molar-refractivity contribution in [3.05, 3.63) is 12.2 Å². The maximum atomic E-state index is 12.5. The highest BCUT2D eigenvalue weighted by molar-refractivity contribution is 5.80. The van der Waals surface area contributed by atoms with E-state index in [9.17, 15) is 20.1 Å². The highest BCUT2D eigenvalue weighted by Gasteiger charge is 2.22. The van der Waals surface area contributed by atoms with Crippen molar-refractivity contribution in [3.63, 3.8) is 0 Å². The molecule has 370 valence electrons. The minimum absolute atomic E-state index is 0.359. The van der Waals surface area contributed by atoms with Gasteiger partial charge in [-0.3, -0.25) is 4.79 Å². The summed E-state index contributed by atoms with van der Waals surface area (Å²) < 4.78 is 0. The smallest absolute Gasteiger partial charge is 0.249 e. The van der Waals surface area contributed by atoms with E-state index in [4.69, 9.17) is 0 Å². The van der Waals surface area contributed by atoms with Gasteiger partial charge in [-0.1, -0.05) is 315 Å². The first-order valence-corrected chi connectivity index (χ1v) is 28.5. The van der Waals surface area contributed by atoms with E-state index in [1.54, 1.807) is 6.08 Å². The Morgan fingerprint density at radius 3 is 0.887 bits per heavy atom. The van der Waals surface area contributed by atoms with E-state index in [2.05, 4.69) is 19.2 Å². The summed E-state index contributed by atoms with van der Waals surface area (Å²) in [5, 5.41) is 33.3. The van der Waals surface area contributed by atoms with Crippen LogP contribution in [0.3, 0.4) is 0 Å². The fourth-order valence-corrected chi connectivity index (χ4v) is 9.19. The molecular weight excluding hydrogens is 763 g/mol. The molecule has 0 fully saturated rings. The molecule has 5 nitrogen and oxygen atoms in total. The number of aliphatic hydroxyl groups excluding tert-OH is 3. The van der Waals surface area contributed by atoms with Gasteiger partial charge in [0.05, 0.1) is 18.8 Å². The Hall–Kier alpha value is -0.910. The van der Waals surface area contributed by atoms with E-state index in [1.165, 1.54) is 270 Å². The summed E-state index contributed by atoms with van der Waals surface area (Å²) in [6.07, 6.45) is 65.9. The van der Waals surface area contributed by atoms with Crippen LogP contribution < -0.4 is 5.32 Å². The van der Waals surface area contributed by atoms with Gasteiger partial charge in [-0.2, -0.15) is 0 Å². The average Bonchev–Trinajstić information content (AvgIpc) is 3.28. The summed E-state index contributed by atoms with van der Waals surface area (Å²) in [6.45, 7) is 4.22. The van der Waals surface area contributed by atoms with Gasteiger partial charge in [-0.15, -0.1) is 0 Å². The van der Waals surface area contributed by atoms with Crippen molar-refractivity contribution in [2.24, 2.45) is 0 Å². The second-order valence-electron chi connectivity index (χ2n) is 19.9. The van der Waals surface area contributed by atoms with Crippen LogP contribution in [-0.4, -0.2) is 46.1 Å². The normalized spacial score (nSPS) is 13.3. The van der Waals surface area contributed by atoms with Gasteiger partial charge in [0.25, 0.3) is 0 Å². The van der Waals surface area contributed by atoms with E-state index in [0.717, 1.165) is 32.1 Å². The summed E-state index contributed by atoms with van der Waals surface area (Å²) in [5.41, 5.74) is 0. The van der Waals surface area contributed by atoms with Crippen molar-refractivity contribution in [1.82, 2.24) is 5.32 Å². The zero-order chi connectivity index (χ0) is 45.1. The molecule has 0 aromatic carbocycles. The summed E-state index contributed by atoms with van der Waals surface area (Å²) in [4.78, 5) is 12.5. The molecule has 1 amide bonds. The number of aliphatic hydroxyl groups is 3. The van der Waals surface area contributed by atoms with Crippen LogP contribution in [0.1, 0.15) is 322 Å². The first-order valence-electron chi connectivity index (χ1n) is 28.5. The molecule has 5 heteroatoms. The molecule has 0 radical (unpaired) electrons. The number of carbonyl (C=O) groups excluding carboxylic acids is 1. The fraction of sp³-hybridized carbons (Fsp3) is 0.947. The van der Waals surface area contributed by atoms with E-state index >= 15 is 0 Å². The third-order valence-electron chi connectivity index (χ3n) is 13.6. The lowest BCUT2D eigenvalue weighted by molar-refractivity contribution is -0.131. The van der Waals surface area contributed by atoms with Gasteiger partial charge < -0.3 is 20.6 Å². The molecule has 4 N–H and O–H groups in total. The van der Waals surface area contributed by atoms with Gasteiger partial charge in [-0.05, 0) is 19.3 Å². The first-order chi connectivity index (χ1) is 30.6. The molecule has 0 aliphatic carbocycles. The van der Waals surface area contributed by atoms with Gasteiger partial charge in [-0.25, -0.2) is 0 Å². The summed E-state index contributed by atoms with van der Waals surface area (Å²) in [7, 11) is 0. The van der Waals surface area contributed by atoms with E-state index in [1.807, 2.05) is 6.08 Å². The Balaban J connectivity index is 3.49. The Kier molecular flexibility index (Phi) is 51.9. The predicted molar refractivity (Wildman–Crippen MR) is 273 cm³/mol.